The second-order valence-electron chi connectivity index (χ2n) is 5.04. The third-order valence-corrected chi connectivity index (χ3v) is 3.87. The summed E-state index contributed by atoms with van der Waals surface area (Å²) in [7, 11) is 0. The minimum atomic E-state index is 0.295. The van der Waals surface area contributed by atoms with Crippen LogP contribution in [0.5, 0.6) is 11.5 Å². The molecule has 0 unspecified atom stereocenters. The van der Waals surface area contributed by atoms with Crippen LogP contribution in [0.2, 0.25) is 0 Å². The molecule has 0 aliphatic carbocycles. The predicted octanol–water partition coefficient (Wildman–Crippen LogP) is 2.72. The molecule has 0 spiro atoms. The van der Waals surface area contributed by atoms with E-state index in [0.717, 1.165) is 54.3 Å². The van der Waals surface area contributed by atoms with E-state index in [-0.39, 0.29) is 0 Å². The van der Waals surface area contributed by atoms with E-state index in [1.165, 1.54) is 0 Å². The Morgan fingerprint density at radius 3 is 2.71 bits per heavy atom. The second-order valence-corrected chi connectivity index (χ2v) is 5.04. The number of ether oxygens (including phenoxy) is 2. The van der Waals surface area contributed by atoms with E-state index >= 15 is 0 Å². The molecule has 3 rings (SSSR count). The van der Waals surface area contributed by atoms with Crippen molar-refractivity contribution in [3.8, 4) is 11.5 Å². The Balaban J connectivity index is 1.79. The molecule has 1 aliphatic rings. The molecule has 0 bridgehead atoms. The molecule has 0 saturated heterocycles. The van der Waals surface area contributed by atoms with Crippen LogP contribution in [-0.2, 0) is 0 Å². The Labute approximate surface area is 124 Å². The van der Waals surface area contributed by atoms with Crippen molar-refractivity contribution in [2.75, 3.05) is 38.3 Å². The van der Waals surface area contributed by atoms with E-state index in [0.29, 0.717) is 6.79 Å². The fourth-order valence-corrected chi connectivity index (χ4v) is 2.58. The second kappa shape index (κ2) is 6.18. The molecule has 0 amide bonds. The highest BCUT2D eigenvalue weighted by molar-refractivity contribution is 5.94. The van der Waals surface area contributed by atoms with E-state index in [2.05, 4.69) is 29.0 Å². The Morgan fingerprint density at radius 2 is 1.95 bits per heavy atom. The standard InChI is InChI=1S/C16H21N3O2/c1-3-19(4-2)8-7-18-16-13-10-15-14(20-11-21-15)9-12(13)5-6-17-16/h5-6,9-10H,3-4,7-8,11H2,1-2H3,(H,17,18). The van der Waals surface area contributed by atoms with Gasteiger partial charge in [0.25, 0.3) is 0 Å². The van der Waals surface area contributed by atoms with Gasteiger partial charge in [0.2, 0.25) is 6.79 Å². The summed E-state index contributed by atoms with van der Waals surface area (Å²) in [5.74, 6) is 2.50. The van der Waals surface area contributed by atoms with E-state index < -0.39 is 0 Å². The van der Waals surface area contributed by atoms with Gasteiger partial charge in [-0.15, -0.1) is 0 Å². The fraction of sp³-hybridized carbons (Fsp3) is 0.438. The number of nitrogens with zero attached hydrogens (tertiary/aromatic N) is 2. The Morgan fingerprint density at radius 1 is 1.19 bits per heavy atom. The molecule has 0 fully saturated rings. The van der Waals surface area contributed by atoms with Crippen LogP contribution in [0.25, 0.3) is 10.8 Å². The smallest absolute Gasteiger partial charge is 0.231 e. The van der Waals surface area contributed by atoms with Crippen molar-refractivity contribution in [2.24, 2.45) is 0 Å². The summed E-state index contributed by atoms with van der Waals surface area (Å²) in [4.78, 5) is 6.84. The van der Waals surface area contributed by atoms with Gasteiger partial charge in [-0.3, -0.25) is 0 Å². The molecule has 5 heteroatoms. The van der Waals surface area contributed by atoms with Crippen molar-refractivity contribution in [3.05, 3.63) is 24.4 Å². The van der Waals surface area contributed by atoms with Gasteiger partial charge in [0.05, 0.1) is 0 Å². The van der Waals surface area contributed by atoms with Gasteiger partial charge < -0.3 is 19.7 Å². The molecule has 21 heavy (non-hydrogen) atoms. The molecule has 1 aromatic carbocycles. The average molecular weight is 287 g/mol. The quantitative estimate of drug-likeness (QED) is 0.885. The predicted molar refractivity (Wildman–Crippen MR) is 84.1 cm³/mol. The number of nitrogens with one attached hydrogen (secondary N) is 1. The molecule has 1 aliphatic heterocycles. The number of fused-ring (bicyclic) bond motifs is 2. The number of anilines is 1. The van der Waals surface area contributed by atoms with Gasteiger partial charge in [-0.05, 0) is 36.7 Å². The van der Waals surface area contributed by atoms with Gasteiger partial charge in [-0.1, -0.05) is 13.8 Å². The number of benzene rings is 1. The lowest BCUT2D eigenvalue weighted by Gasteiger charge is -2.18. The molecule has 0 saturated carbocycles. The Bertz CT molecular complexity index is 626. The van der Waals surface area contributed by atoms with Gasteiger partial charge >= 0.3 is 0 Å². The highest BCUT2D eigenvalue weighted by atomic mass is 16.7. The molecule has 2 aromatic rings. The lowest BCUT2D eigenvalue weighted by molar-refractivity contribution is 0.174. The zero-order valence-electron chi connectivity index (χ0n) is 12.6. The minimum Gasteiger partial charge on any atom is -0.454 e. The molecule has 5 nitrogen and oxygen atoms in total. The molecule has 0 atom stereocenters. The lowest BCUT2D eigenvalue weighted by Crippen LogP contribution is -2.28. The van der Waals surface area contributed by atoms with Crippen LogP contribution < -0.4 is 14.8 Å². The topological polar surface area (TPSA) is 46.6 Å². The van der Waals surface area contributed by atoms with Crippen molar-refractivity contribution in [1.82, 2.24) is 9.88 Å². The third kappa shape index (κ3) is 2.88. The van der Waals surface area contributed by atoms with E-state index in [9.17, 15) is 0 Å². The normalized spacial score (nSPS) is 13.1. The minimum absolute atomic E-state index is 0.295. The van der Waals surface area contributed by atoms with Crippen LogP contribution in [0.4, 0.5) is 5.82 Å². The first kappa shape index (κ1) is 13.9. The van der Waals surface area contributed by atoms with Crippen LogP contribution in [0.15, 0.2) is 24.4 Å². The average Bonchev–Trinajstić information content (AvgIpc) is 2.97. The van der Waals surface area contributed by atoms with Crippen molar-refractivity contribution >= 4 is 16.6 Å². The highest BCUT2D eigenvalue weighted by Crippen LogP contribution is 2.37. The molecule has 2 heterocycles. The Kier molecular flexibility index (Phi) is 4.10. The number of pyridine rings is 1. The monoisotopic (exact) mass is 287 g/mol. The first-order valence-electron chi connectivity index (χ1n) is 7.46. The van der Waals surface area contributed by atoms with Crippen LogP contribution >= 0.6 is 0 Å². The van der Waals surface area contributed by atoms with Crippen LogP contribution in [0.3, 0.4) is 0 Å². The lowest BCUT2D eigenvalue weighted by atomic mass is 10.1. The van der Waals surface area contributed by atoms with Crippen molar-refractivity contribution in [2.45, 2.75) is 13.8 Å². The maximum absolute atomic E-state index is 5.45. The van der Waals surface area contributed by atoms with Gasteiger partial charge in [-0.2, -0.15) is 0 Å². The molecular weight excluding hydrogens is 266 g/mol. The van der Waals surface area contributed by atoms with Gasteiger partial charge in [0, 0.05) is 24.7 Å². The summed E-state index contributed by atoms with van der Waals surface area (Å²) >= 11 is 0. The van der Waals surface area contributed by atoms with Crippen molar-refractivity contribution < 1.29 is 9.47 Å². The van der Waals surface area contributed by atoms with Crippen molar-refractivity contribution in [3.63, 3.8) is 0 Å². The fourth-order valence-electron chi connectivity index (χ4n) is 2.58. The van der Waals surface area contributed by atoms with E-state index in [4.69, 9.17) is 9.47 Å². The van der Waals surface area contributed by atoms with Gasteiger partial charge in [-0.25, -0.2) is 4.98 Å². The van der Waals surface area contributed by atoms with E-state index in [1.54, 1.807) is 0 Å². The highest BCUT2D eigenvalue weighted by Gasteiger charge is 2.15. The first-order valence-corrected chi connectivity index (χ1v) is 7.46. The summed E-state index contributed by atoms with van der Waals surface area (Å²) in [5.41, 5.74) is 0. The molecular formula is C16H21N3O2. The zero-order chi connectivity index (χ0) is 14.7. The summed E-state index contributed by atoms with van der Waals surface area (Å²) < 4.78 is 10.9. The summed E-state index contributed by atoms with van der Waals surface area (Å²) in [6, 6.07) is 6.01. The number of hydrogen-bond donors (Lipinski definition) is 1. The number of rotatable bonds is 6. The summed E-state index contributed by atoms with van der Waals surface area (Å²) in [6.07, 6.45) is 1.82. The maximum atomic E-state index is 5.45. The molecule has 1 N–H and O–H groups in total. The van der Waals surface area contributed by atoms with Crippen molar-refractivity contribution in [1.29, 1.82) is 0 Å². The van der Waals surface area contributed by atoms with Gasteiger partial charge in [0.15, 0.2) is 11.5 Å². The molecule has 112 valence electrons. The largest absolute Gasteiger partial charge is 0.454 e. The van der Waals surface area contributed by atoms with E-state index in [1.807, 2.05) is 24.4 Å². The van der Waals surface area contributed by atoms with Crippen LogP contribution in [0.1, 0.15) is 13.8 Å². The SMILES string of the molecule is CCN(CC)CCNc1nccc2cc3c(cc12)OCO3. The summed E-state index contributed by atoms with van der Waals surface area (Å²) in [5, 5.41) is 5.61. The van der Waals surface area contributed by atoms with Gasteiger partial charge in [0.1, 0.15) is 5.82 Å². The number of hydrogen-bond acceptors (Lipinski definition) is 5. The third-order valence-electron chi connectivity index (χ3n) is 3.87. The Hall–Kier alpha value is -2.01. The zero-order valence-corrected chi connectivity index (χ0v) is 12.6. The van der Waals surface area contributed by atoms with Crippen LogP contribution in [0, 0.1) is 0 Å². The van der Waals surface area contributed by atoms with Crippen LogP contribution in [-0.4, -0.2) is 42.9 Å². The molecule has 0 radical (unpaired) electrons. The molecule has 1 aromatic heterocycles. The summed E-state index contributed by atoms with van der Waals surface area (Å²) in [6.45, 7) is 8.68. The maximum Gasteiger partial charge on any atom is 0.231 e. The number of aromatic nitrogens is 1. The first-order chi connectivity index (χ1) is 10.3. The number of likely N-dealkylation sites (N-methyl/N-ethyl adjacent to an activating group) is 1.